The third-order valence-electron chi connectivity index (χ3n) is 2.37. The van der Waals surface area contributed by atoms with E-state index in [0.29, 0.717) is 0 Å². The van der Waals surface area contributed by atoms with E-state index in [9.17, 15) is 9.59 Å². The van der Waals surface area contributed by atoms with Crippen molar-refractivity contribution in [2.75, 3.05) is 0 Å². The summed E-state index contributed by atoms with van der Waals surface area (Å²) in [6, 6.07) is 8.24. The van der Waals surface area contributed by atoms with Gasteiger partial charge in [-0.25, -0.2) is 4.79 Å². The van der Waals surface area contributed by atoms with E-state index in [1.807, 2.05) is 30.3 Å². The van der Waals surface area contributed by atoms with Crippen LogP contribution in [0.5, 0.6) is 0 Å². The van der Waals surface area contributed by atoms with Crippen LogP contribution < -0.4 is 10.6 Å². The molecule has 0 spiro atoms. The number of β-lactam (4-membered cyclic amide) rings is 1. The molecular formula is C11H12N2O4. The minimum Gasteiger partial charge on any atom is -0.445 e. The van der Waals surface area contributed by atoms with Crippen molar-refractivity contribution in [3.05, 3.63) is 35.9 Å². The van der Waals surface area contributed by atoms with Gasteiger partial charge < -0.3 is 20.5 Å². The maximum absolute atomic E-state index is 11.3. The van der Waals surface area contributed by atoms with Crippen molar-refractivity contribution in [3.8, 4) is 0 Å². The van der Waals surface area contributed by atoms with Crippen LogP contribution in [0.3, 0.4) is 0 Å². The van der Waals surface area contributed by atoms with Gasteiger partial charge in [-0.2, -0.15) is 0 Å². The maximum Gasteiger partial charge on any atom is 0.408 e. The molecule has 6 heteroatoms. The first kappa shape index (κ1) is 11.4. The predicted molar refractivity (Wildman–Crippen MR) is 57.7 cm³/mol. The van der Waals surface area contributed by atoms with Crippen LogP contribution in [0, 0.1) is 0 Å². The van der Waals surface area contributed by atoms with Crippen molar-refractivity contribution in [1.29, 1.82) is 0 Å². The number of hydrogen-bond donors (Lipinski definition) is 3. The number of nitrogens with one attached hydrogen (secondary N) is 2. The van der Waals surface area contributed by atoms with E-state index in [1.165, 1.54) is 0 Å². The van der Waals surface area contributed by atoms with Gasteiger partial charge in [0.05, 0.1) is 0 Å². The molecule has 1 aromatic carbocycles. The fourth-order valence-electron chi connectivity index (χ4n) is 1.40. The number of rotatable bonds is 3. The van der Waals surface area contributed by atoms with Gasteiger partial charge in [0.1, 0.15) is 6.61 Å². The van der Waals surface area contributed by atoms with Gasteiger partial charge in [-0.3, -0.25) is 4.79 Å². The molecule has 2 rings (SSSR count). The first-order valence-corrected chi connectivity index (χ1v) is 5.12. The van der Waals surface area contributed by atoms with Gasteiger partial charge >= 0.3 is 6.09 Å². The third-order valence-corrected chi connectivity index (χ3v) is 2.37. The molecule has 17 heavy (non-hydrogen) atoms. The van der Waals surface area contributed by atoms with Crippen molar-refractivity contribution in [3.63, 3.8) is 0 Å². The van der Waals surface area contributed by atoms with Crippen molar-refractivity contribution in [2.45, 2.75) is 18.9 Å². The highest BCUT2D eigenvalue weighted by atomic mass is 16.5. The molecule has 2 atom stereocenters. The Morgan fingerprint density at radius 1 is 1.41 bits per heavy atom. The molecule has 1 saturated heterocycles. The van der Waals surface area contributed by atoms with Crippen molar-refractivity contribution < 1.29 is 19.4 Å². The molecule has 0 saturated carbocycles. The topological polar surface area (TPSA) is 87.7 Å². The summed E-state index contributed by atoms with van der Waals surface area (Å²) >= 11 is 0. The van der Waals surface area contributed by atoms with Crippen molar-refractivity contribution >= 4 is 12.0 Å². The molecule has 6 nitrogen and oxygen atoms in total. The average molecular weight is 236 g/mol. The largest absolute Gasteiger partial charge is 0.445 e. The lowest BCUT2D eigenvalue weighted by atomic mass is 10.1. The summed E-state index contributed by atoms with van der Waals surface area (Å²) in [5, 5.41) is 13.6. The molecule has 0 aromatic heterocycles. The van der Waals surface area contributed by atoms with Gasteiger partial charge in [0.25, 0.3) is 0 Å². The molecule has 2 unspecified atom stereocenters. The Morgan fingerprint density at radius 3 is 2.71 bits per heavy atom. The predicted octanol–water partition coefficient (Wildman–Crippen LogP) is -0.270. The summed E-state index contributed by atoms with van der Waals surface area (Å²) < 4.78 is 4.89. The minimum absolute atomic E-state index is 0.122. The molecule has 1 heterocycles. The van der Waals surface area contributed by atoms with Gasteiger partial charge in [0, 0.05) is 0 Å². The minimum atomic E-state index is -1.04. The summed E-state index contributed by atoms with van der Waals surface area (Å²) in [5.41, 5.74) is 0.848. The Labute approximate surface area is 97.6 Å². The summed E-state index contributed by atoms with van der Waals surface area (Å²) in [5.74, 6) is -0.422. The molecular weight excluding hydrogens is 224 g/mol. The second-order valence-corrected chi connectivity index (χ2v) is 3.64. The lowest BCUT2D eigenvalue weighted by Gasteiger charge is -2.32. The van der Waals surface area contributed by atoms with Crippen LogP contribution in [0.25, 0.3) is 0 Å². The molecule has 1 aliphatic heterocycles. The molecule has 3 N–H and O–H groups in total. The molecule has 2 amide bonds. The second kappa shape index (κ2) is 4.84. The monoisotopic (exact) mass is 236 g/mol. The van der Waals surface area contributed by atoms with E-state index in [4.69, 9.17) is 9.84 Å². The van der Waals surface area contributed by atoms with Crippen molar-refractivity contribution in [2.24, 2.45) is 0 Å². The van der Waals surface area contributed by atoms with Gasteiger partial charge in [0.15, 0.2) is 12.3 Å². The number of aliphatic hydroxyl groups excluding tert-OH is 1. The Balaban J connectivity index is 1.76. The van der Waals surface area contributed by atoms with Crippen molar-refractivity contribution in [1.82, 2.24) is 10.6 Å². The van der Waals surface area contributed by atoms with Gasteiger partial charge in [-0.05, 0) is 5.56 Å². The summed E-state index contributed by atoms with van der Waals surface area (Å²) in [4.78, 5) is 22.2. The van der Waals surface area contributed by atoms with Gasteiger partial charge in [-0.1, -0.05) is 30.3 Å². The average Bonchev–Trinajstić information content (AvgIpc) is 2.35. The molecule has 1 aromatic rings. The fraction of sp³-hybridized carbons (Fsp3) is 0.273. The lowest BCUT2D eigenvalue weighted by Crippen LogP contribution is -2.69. The highest BCUT2D eigenvalue weighted by molar-refractivity contribution is 5.91. The fourth-order valence-corrected chi connectivity index (χ4v) is 1.40. The zero-order valence-electron chi connectivity index (χ0n) is 8.92. The zero-order chi connectivity index (χ0) is 12.3. The molecule has 1 fully saturated rings. The van der Waals surface area contributed by atoms with E-state index in [2.05, 4.69) is 10.6 Å². The van der Waals surface area contributed by atoms with Crippen LogP contribution in [-0.2, 0) is 16.1 Å². The van der Waals surface area contributed by atoms with Crippen LogP contribution in [0.2, 0.25) is 0 Å². The van der Waals surface area contributed by atoms with Crippen LogP contribution in [0.15, 0.2) is 30.3 Å². The highest BCUT2D eigenvalue weighted by Crippen LogP contribution is 2.04. The van der Waals surface area contributed by atoms with Crippen LogP contribution in [-0.4, -0.2) is 29.4 Å². The Hall–Kier alpha value is -2.08. The van der Waals surface area contributed by atoms with E-state index in [-0.39, 0.29) is 6.61 Å². The standard InChI is InChI=1S/C11H12N2O4/c14-9-8(10(15)13-9)12-11(16)17-6-7-4-2-1-3-5-7/h1-5,8-9,14H,6H2,(H,12,16)(H,13,15). The highest BCUT2D eigenvalue weighted by Gasteiger charge is 2.39. The number of benzene rings is 1. The number of amides is 2. The summed E-state index contributed by atoms with van der Waals surface area (Å²) in [7, 11) is 0. The van der Waals surface area contributed by atoms with E-state index in [0.717, 1.165) is 5.56 Å². The van der Waals surface area contributed by atoms with Gasteiger partial charge in [-0.15, -0.1) is 0 Å². The normalized spacial score (nSPS) is 22.3. The van der Waals surface area contributed by atoms with Crippen LogP contribution in [0.1, 0.15) is 5.56 Å². The van der Waals surface area contributed by atoms with E-state index in [1.54, 1.807) is 0 Å². The molecule has 90 valence electrons. The van der Waals surface area contributed by atoms with Crippen LogP contribution in [0.4, 0.5) is 4.79 Å². The van der Waals surface area contributed by atoms with Gasteiger partial charge in [0.2, 0.25) is 5.91 Å². The number of hydrogen-bond acceptors (Lipinski definition) is 4. The number of carbonyl (C=O) groups is 2. The lowest BCUT2D eigenvalue weighted by molar-refractivity contribution is -0.140. The number of ether oxygens (including phenoxy) is 1. The molecule has 1 aliphatic rings. The number of aliphatic hydroxyl groups is 1. The molecule has 0 bridgehead atoms. The Morgan fingerprint density at radius 2 is 2.12 bits per heavy atom. The quantitative estimate of drug-likeness (QED) is 0.630. The first-order valence-electron chi connectivity index (χ1n) is 5.12. The maximum atomic E-state index is 11.3. The van der Waals surface area contributed by atoms with Crippen LogP contribution >= 0.6 is 0 Å². The Bertz CT molecular complexity index is 421. The van der Waals surface area contributed by atoms with E-state index >= 15 is 0 Å². The van der Waals surface area contributed by atoms with E-state index < -0.39 is 24.3 Å². The molecule has 0 aliphatic carbocycles. The zero-order valence-corrected chi connectivity index (χ0v) is 8.92. The SMILES string of the molecule is O=C(NC1C(=O)NC1O)OCc1ccccc1. The number of carbonyl (C=O) groups excluding carboxylic acids is 2. The Kier molecular flexibility index (Phi) is 3.24. The summed E-state index contributed by atoms with van der Waals surface area (Å²) in [6.45, 7) is 0.122. The second-order valence-electron chi connectivity index (χ2n) is 3.64. The smallest absolute Gasteiger partial charge is 0.408 e. The summed E-state index contributed by atoms with van der Waals surface area (Å²) in [6.07, 6.45) is -1.76. The molecule has 0 radical (unpaired) electrons. The number of alkyl carbamates (subject to hydrolysis) is 1. The third kappa shape index (κ3) is 2.73. The first-order chi connectivity index (χ1) is 8.16.